The highest BCUT2D eigenvalue weighted by Crippen LogP contribution is 2.34. The first-order valence-electron chi connectivity index (χ1n) is 7.16. The van der Waals surface area contributed by atoms with E-state index in [-0.39, 0.29) is 12.4 Å². The van der Waals surface area contributed by atoms with E-state index in [9.17, 15) is 0 Å². The molecule has 1 aliphatic heterocycles. The zero-order valence-electron chi connectivity index (χ0n) is 12.2. The van der Waals surface area contributed by atoms with Crippen molar-refractivity contribution in [3.8, 4) is 0 Å². The quantitative estimate of drug-likeness (QED) is 0.830. The molecule has 19 heavy (non-hydrogen) atoms. The molecule has 0 aromatic heterocycles. The molecule has 0 aliphatic carbocycles. The monoisotopic (exact) mass is 263 g/mol. The van der Waals surface area contributed by atoms with Gasteiger partial charge in [-0.05, 0) is 62.4 Å². The number of aryl methyl sites for hydroxylation is 2. The first-order valence-corrected chi connectivity index (χ1v) is 7.16. The van der Waals surface area contributed by atoms with Crippen LogP contribution in [0.1, 0.15) is 47.6 Å². The Hall–Kier alpha value is -0.900. The highest BCUT2D eigenvalue weighted by atomic mass is 16.7. The van der Waals surface area contributed by atoms with Crippen molar-refractivity contribution in [1.29, 1.82) is 0 Å². The second-order valence-corrected chi connectivity index (χ2v) is 5.42. The van der Waals surface area contributed by atoms with Crippen molar-refractivity contribution in [2.24, 2.45) is 5.73 Å². The molecule has 1 aromatic carbocycles. The van der Waals surface area contributed by atoms with E-state index in [1.54, 1.807) is 0 Å². The van der Waals surface area contributed by atoms with Gasteiger partial charge < -0.3 is 15.2 Å². The van der Waals surface area contributed by atoms with Crippen LogP contribution in [0.3, 0.4) is 0 Å². The van der Waals surface area contributed by atoms with Gasteiger partial charge in [0.1, 0.15) is 0 Å². The molecule has 1 fully saturated rings. The van der Waals surface area contributed by atoms with Gasteiger partial charge in [0.15, 0.2) is 6.29 Å². The van der Waals surface area contributed by atoms with Gasteiger partial charge in [0.05, 0.1) is 12.7 Å². The molecule has 1 aliphatic rings. The van der Waals surface area contributed by atoms with E-state index in [1.165, 1.54) is 22.3 Å². The van der Waals surface area contributed by atoms with Crippen molar-refractivity contribution < 1.29 is 9.47 Å². The molecule has 1 aromatic rings. The fourth-order valence-electron chi connectivity index (χ4n) is 2.53. The lowest BCUT2D eigenvalue weighted by atomic mass is 9.97. The molecule has 1 saturated heterocycles. The van der Waals surface area contributed by atoms with Crippen LogP contribution in [-0.2, 0) is 9.47 Å². The van der Waals surface area contributed by atoms with Crippen LogP contribution in [0.15, 0.2) is 12.1 Å². The maximum absolute atomic E-state index is 5.98. The molecule has 3 nitrogen and oxygen atoms in total. The Balaban J connectivity index is 1.97. The molecule has 2 unspecified atom stereocenters. The Labute approximate surface area is 116 Å². The van der Waals surface area contributed by atoms with Crippen LogP contribution in [0.2, 0.25) is 0 Å². The lowest BCUT2D eigenvalue weighted by Crippen LogP contribution is -2.14. The van der Waals surface area contributed by atoms with Gasteiger partial charge in [0.2, 0.25) is 0 Å². The largest absolute Gasteiger partial charge is 0.353 e. The summed E-state index contributed by atoms with van der Waals surface area (Å²) in [5.74, 6) is 0. The lowest BCUT2D eigenvalue weighted by molar-refractivity contribution is -0.134. The highest BCUT2D eigenvalue weighted by molar-refractivity contribution is 5.37. The molecule has 0 amide bonds. The molecule has 0 bridgehead atoms. The van der Waals surface area contributed by atoms with Crippen LogP contribution in [0, 0.1) is 20.8 Å². The maximum atomic E-state index is 5.98. The minimum Gasteiger partial charge on any atom is -0.353 e. The Morgan fingerprint density at radius 2 is 1.89 bits per heavy atom. The average molecular weight is 263 g/mol. The second kappa shape index (κ2) is 6.51. The average Bonchev–Trinajstić information content (AvgIpc) is 2.84. The van der Waals surface area contributed by atoms with Crippen LogP contribution >= 0.6 is 0 Å². The number of hydrogen-bond donors (Lipinski definition) is 1. The number of ether oxygens (including phenoxy) is 2. The van der Waals surface area contributed by atoms with E-state index in [4.69, 9.17) is 15.2 Å². The van der Waals surface area contributed by atoms with E-state index in [0.717, 1.165) is 19.3 Å². The third-order valence-corrected chi connectivity index (χ3v) is 3.95. The Morgan fingerprint density at radius 1 is 1.21 bits per heavy atom. The minimum atomic E-state index is -0.0570. The first-order chi connectivity index (χ1) is 9.11. The van der Waals surface area contributed by atoms with Crippen LogP contribution in [0.25, 0.3) is 0 Å². The van der Waals surface area contributed by atoms with E-state index < -0.39 is 0 Å². The lowest BCUT2D eigenvalue weighted by Gasteiger charge is -2.16. The molecule has 106 valence electrons. The summed E-state index contributed by atoms with van der Waals surface area (Å²) >= 11 is 0. The summed E-state index contributed by atoms with van der Waals surface area (Å²) in [6, 6.07) is 4.49. The second-order valence-electron chi connectivity index (χ2n) is 5.42. The Bertz CT molecular complexity index is 408. The van der Waals surface area contributed by atoms with E-state index in [2.05, 4.69) is 32.9 Å². The van der Waals surface area contributed by atoms with Gasteiger partial charge in [-0.15, -0.1) is 0 Å². The third kappa shape index (κ3) is 3.56. The fraction of sp³-hybridized carbons (Fsp3) is 0.625. The molecule has 1 heterocycles. The molecular weight excluding hydrogens is 238 g/mol. The molecule has 2 N–H and O–H groups in total. The smallest absolute Gasteiger partial charge is 0.158 e. The summed E-state index contributed by atoms with van der Waals surface area (Å²) in [6.07, 6.45) is 3.03. The van der Waals surface area contributed by atoms with Crippen LogP contribution in [-0.4, -0.2) is 19.4 Å². The predicted octanol–water partition coefficient (Wildman–Crippen LogP) is 3.15. The zero-order chi connectivity index (χ0) is 13.8. The maximum Gasteiger partial charge on any atom is 0.158 e. The number of hydrogen-bond acceptors (Lipinski definition) is 3. The summed E-state index contributed by atoms with van der Waals surface area (Å²) < 4.78 is 11.7. The summed E-state index contributed by atoms with van der Waals surface area (Å²) in [5, 5.41) is 0. The molecule has 0 radical (unpaired) electrons. The standard InChI is InChI=1S/C16H25NO2/c1-11-9-14(10-12(2)13(11)3)15-5-6-16(19-15)18-8-4-7-17/h9-10,15-16H,4-8,17H2,1-3H3. The van der Waals surface area contributed by atoms with Gasteiger partial charge in [0, 0.05) is 6.42 Å². The molecule has 0 spiro atoms. The third-order valence-electron chi connectivity index (χ3n) is 3.95. The van der Waals surface area contributed by atoms with Gasteiger partial charge in [-0.1, -0.05) is 12.1 Å². The summed E-state index contributed by atoms with van der Waals surface area (Å²) in [4.78, 5) is 0. The molecular formula is C16H25NO2. The molecule has 3 heteroatoms. The van der Waals surface area contributed by atoms with E-state index in [1.807, 2.05) is 0 Å². The Morgan fingerprint density at radius 3 is 2.53 bits per heavy atom. The van der Waals surface area contributed by atoms with Crippen molar-refractivity contribution >= 4 is 0 Å². The van der Waals surface area contributed by atoms with Gasteiger partial charge in [-0.3, -0.25) is 0 Å². The minimum absolute atomic E-state index is 0.0570. The van der Waals surface area contributed by atoms with E-state index in [0.29, 0.717) is 13.2 Å². The van der Waals surface area contributed by atoms with Gasteiger partial charge >= 0.3 is 0 Å². The molecule has 2 rings (SSSR count). The van der Waals surface area contributed by atoms with Crippen LogP contribution in [0.5, 0.6) is 0 Å². The van der Waals surface area contributed by atoms with Crippen LogP contribution in [0.4, 0.5) is 0 Å². The fourth-order valence-corrected chi connectivity index (χ4v) is 2.53. The van der Waals surface area contributed by atoms with Gasteiger partial charge in [0.25, 0.3) is 0 Å². The van der Waals surface area contributed by atoms with Crippen molar-refractivity contribution in [2.45, 2.75) is 52.4 Å². The summed E-state index contributed by atoms with van der Waals surface area (Å²) in [5.41, 5.74) is 10.8. The van der Waals surface area contributed by atoms with Gasteiger partial charge in [-0.2, -0.15) is 0 Å². The number of rotatable bonds is 5. The van der Waals surface area contributed by atoms with Crippen molar-refractivity contribution in [2.75, 3.05) is 13.2 Å². The zero-order valence-corrected chi connectivity index (χ0v) is 12.2. The van der Waals surface area contributed by atoms with Crippen molar-refractivity contribution in [1.82, 2.24) is 0 Å². The van der Waals surface area contributed by atoms with Crippen molar-refractivity contribution in [3.05, 3.63) is 34.4 Å². The first kappa shape index (κ1) is 14.5. The summed E-state index contributed by atoms with van der Waals surface area (Å²) in [6.45, 7) is 7.86. The van der Waals surface area contributed by atoms with Crippen molar-refractivity contribution in [3.63, 3.8) is 0 Å². The Kier molecular flexibility index (Phi) is 4.97. The topological polar surface area (TPSA) is 44.5 Å². The van der Waals surface area contributed by atoms with E-state index >= 15 is 0 Å². The SMILES string of the molecule is Cc1cc(C2CCC(OCCCN)O2)cc(C)c1C. The normalized spacial score (nSPS) is 22.9. The van der Waals surface area contributed by atoms with Gasteiger partial charge in [-0.25, -0.2) is 0 Å². The number of nitrogens with two attached hydrogens (primary N) is 1. The van der Waals surface area contributed by atoms with Crippen LogP contribution < -0.4 is 5.73 Å². The number of benzene rings is 1. The summed E-state index contributed by atoms with van der Waals surface area (Å²) in [7, 11) is 0. The predicted molar refractivity (Wildman–Crippen MR) is 77.1 cm³/mol. The highest BCUT2D eigenvalue weighted by Gasteiger charge is 2.27. The molecule has 0 saturated carbocycles. The molecule has 2 atom stereocenters.